The Morgan fingerprint density at radius 3 is 2.65 bits per heavy atom. The van der Waals surface area contributed by atoms with E-state index in [4.69, 9.17) is 16.6 Å². The van der Waals surface area contributed by atoms with Gasteiger partial charge in [-0.05, 0) is 30.0 Å². The SMILES string of the molecule is CCCCCCn1c(CCl)nc2cc(C(C)C)ccc21. The molecule has 0 aliphatic carbocycles. The molecule has 20 heavy (non-hydrogen) atoms. The molecule has 0 bridgehead atoms. The first kappa shape index (κ1) is 15.4. The van der Waals surface area contributed by atoms with Crippen molar-refractivity contribution < 1.29 is 0 Å². The molecule has 0 aliphatic heterocycles. The van der Waals surface area contributed by atoms with Gasteiger partial charge in [0.25, 0.3) is 0 Å². The highest BCUT2D eigenvalue weighted by Gasteiger charge is 2.11. The summed E-state index contributed by atoms with van der Waals surface area (Å²) in [7, 11) is 0. The predicted molar refractivity (Wildman–Crippen MR) is 87.5 cm³/mol. The topological polar surface area (TPSA) is 17.8 Å². The summed E-state index contributed by atoms with van der Waals surface area (Å²) in [5, 5.41) is 0. The molecule has 0 radical (unpaired) electrons. The Morgan fingerprint density at radius 2 is 2.00 bits per heavy atom. The Kier molecular flexibility index (Phi) is 5.47. The number of halogens is 1. The zero-order chi connectivity index (χ0) is 14.5. The Labute approximate surface area is 127 Å². The number of alkyl halides is 1. The van der Waals surface area contributed by atoms with Gasteiger partial charge in [-0.25, -0.2) is 4.98 Å². The molecule has 0 atom stereocenters. The summed E-state index contributed by atoms with van der Waals surface area (Å²) in [4.78, 5) is 4.70. The molecule has 110 valence electrons. The van der Waals surface area contributed by atoms with Gasteiger partial charge in [0.15, 0.2) is 0 Å². The van der Waals surface area contributed by atoms with Crippen molar-refractivity contribution in [1.82, 2.24) is 9.55 Å². The second-order valence-corrected chi connectivity index (χ2v) is 6.04. The third-order valence-corrected chi connectivity index (χ3v) is 4.11. The van der Waals surface area contributed by atoms with Gasteiger partial charge >= 0.3 is 0 Å². The molecule has 0 amide bonds. The molecule has 1 aromatic carbocycles. The number of fused-ring (bicyclic) bond motifs is 1. The van der Waals surface area contributed by atoms with E-state index in [0.717, 1.165) is 17.9 Å². The third kappa shape index (κ3) is 3.35. The van der Waals surface area contributed by atoms with Crippen LogP contribution in [0.15, 0.2) is 18.2 Å². The Balaban J connectivity index is 2.27. The van der Waals surface area contributed by atoms with Crippen LogP contribution >= 0.6 is 11.6 Å². The summed E-state index contributed by atoms with van der Waals surface area (Å²) in [5.74, 6) is 2.02. The number of hydrogen-bond donors (Lipinski definition) is 0. The lowest BCUT2D eigenvalue weighted by Crippen LogP contribution is -2.02. The van der Waals surface area contributed by atoms with Crippen molar-refractivity contribution in [1.29, 1.82) is 0 Å². The third-order valence-electron chi connectivity index (χ3n) is 3.87. The summed E-state index contributed by atoms with van der Waals surface area (Å²) >= 11 is 6.06. The Morgan fingerprint density at radius 1 is 1.20 bits per heavy atom. The molecule has 1 aromatic heterocycles. The number of rotatable bonds is 7. The summed E-state index contributed by atoms with van der Waals surface area (Å²) < 4.78 is 2.29. The van der Waals surface area contributed by atoms with Gasteiger partial charge in [0.2, 0.25) is 0 Å². The highest BCUT2D eigenvalue weighted by molar-refractivity contribution is 6.16. The number of unbranched alkanes of at least 4 members (excludes halogenated alkanes) is 3. The maximum absolute atomic E-state index is 6.06. The van der Waals surface area contributed by atoms with Crippen LogP contribution in [0.25, 0.3) is 11.0 Å². The first-order valence-corrected chi connectivity index (χ1v) is 8.25. The van der Waals surface area contributed by atoms with Crippen LogP contribution < -0.4 is 0 Å². The molecule has 0 fully saturated rings. The van der Waals surface area contributed by atoms with Crippen LogP contribution in [0, 0.1) is 0 Å². The summed E-state index contributed by atoms with van der Waals surface area (Å²) in [6, 6.07) is 6.63. The highest BCUT2D eigenvalue weighted by Crippen LogP contribution is 2.23. The number of aromatic nitrogens is 2. The zero-order valence-electron chi connectivity index (χ0n) is 12.8. The summed E-state index contributed by atoms with van der Waals surface area (Å²) in [6.07, 6.45) is 5.06. The van der Waals surface area contributed by atoms with E-state index in [0.29, 0.717) is 11.8 Å². The van der Waals surface area contributed by atoms with E-state index in [1.807, 2.05) is 0 Å². The Bertz CT molecular complexity index is 557. The first-order chi connectivity index (χ1) is 9.67. The van der Waals surface area contributed by atoms with Crippen LogP contribution in [0.3, 0.4) is 0 Å². The minimum atomic E-state index is 0.486. The fourth-order valence-corrected chi connectivity index (χ4v) is 2.81. The minimum absolute atomic E-state index is 0.486. The van der Waals surface area contributed by atoms with Crippen molar-refractivity contribution in [2.24, 2.45) is 0 Å². The van der Waals surface area contributed by atoms with Crippen molar-refractivity contribution >= 4 is 22.6 Å². The van der Waals surface area contributed by atoms with Gasteiger partial charge in [0.05, 0.1) is 16.9 Å². The van der Waals surface area contributed by atoms with Gasteiger partial charge in [-0.1, -0.05) is 46.1 Å². The van der Waals surface area contributed by atoms with Gasteiger partial charge in [0, 0.05) is 6.54 Å². The largest absolute Gasteiger partial charge is 0.327 e. The van der Waals surface area contributed by atoms with Gasteiger partial charge in [-0.15, -0.1) is 11.6 Å². The van der Waals surface area contributed by atoms with E-state index in [2.05, 4.69) is 43.5 Å². The fourth-order valence-electron chi connectivity index (χ4n) is 2.60. The molecule has 2 rings (SSSR count). The van der Waals surface area contributed by atoms with Crippen LogP contribution in [-0.2, 0) is 12.4 Å². The molecular weight excluding hydrogens is 268 g/mol. The molecular formula is C17H25ClN2. The minimum Gasteiger partial charge on any atom is -0.327 e. The van der Waals surface area contributed by atoms with Gasteiger partial charge in [-0.3, -0.25) is 0 Å². The quantitative estimate of drug-likeness (QED) is 0.488. The molecule has 0 unspecified atom stereocenters. The summed E-state index contributed by atoms with van der Waals surface area (Å²) in [5.41, 5.74) is 3.65. The van der Waals surface area contributed by atoms with E-state index in [1.165, 1.54) is 36.8 Å². The monoisotopic (exact) mass is 292 g/mol. The lowest BCUT2D eigenvalue weighted by atomic mass is 10.0. The molecule has 1 heterocycles. The molecule has 0 saturated heterocycles. The fraction of sp³-hybridized carbons (Fsp3) is 0.588. The lowest BCUT2D eigenvalue weighted by molar-refractivity contribution is 0.581. The number of nitrogens with zero attached hydrogens (tertiary/aromatic N) is 2. The molecule has 2 aromatic rings. The van der Waals surface area contributed by atoms with Crippen LogP contribution in [0.2, 0.25) is 0 Å². The molecule has 3 heteroatoms. The van der Waals surface area contributed by atoms with E-state index < -0.39 is 0 Å². The first-order valence-electron chi connectivity index (χ1n) is 7.72. The van der Waals surface area contributed by atoms with Crippen molar-refractivity contribution in [3.8, 4) is 0 Å². The molecule has 0 saturated carbocycles. The van der Waals surface area contributed by atoms with E-state index >= 15 is 0 Å². The van der Waals surface area contributed by atoms with Crippen LogP contribution in [0.4, 0.5) is 0 Å². The van der Waals surface area contributed by atoms with Crippen LogP contribution in [0.1, 0.15) is 63.8 Å². The zero-order valence-corrected chi connectivity index (χ0v) is 13.6. The van der Waals surface area contributed by atoms with E-state index in [1.54, 1.807) is 0 Å². The highest BCUT2D eigenvalue weighted by atomic mass is 35.5. The number of imidazole rings is 1. The van der Waals surface area contributed by atoms with Gasteiger partial charge < -0.3 is 4.57 Å². The maximum Gasteiger partial charge on any atom is 0.124 e. The average molecular weight is 293 g/mol. The molecule has 2 nitrogen and oxygen atoms in total. The summed E-state index contributed by atoms with van der Waals surface area (Å²) in [6.45, 7) is 7.70. The number of hydrogen-bond acceptors (Lipinski definition) is 1. The predicted octanol–water partition coefficient (Wildman–Crippen LogP) is 5.48. The van der Waals surface area contributed by atoms with E-state index in [9.17, 15) is 0 Å². The van der Waals surface area contributed by atoms with E-state index in [-0.39, 0.29) is 0 Å². The van der Waals surface area contributed by atoms with Gasteiger partial charge in [-0.2, -0.15) is 0 Å². The second-order valence-electron chi connectivity index (χ2n) is 5.78. The molecule has 0 spiro atoms. The van der Waals surface area contributed by atoms with Crippen molar-refractivity contribution in [2.75, 3.05) is 0 Å². The number of benzene rings is 1. The van der Waals surface area contributed by atoms with Gasteiger partial charge in [0.1, 0.15) is 5.82 Å². The van der Waals surface area contributed by atoms with Crippen LogP contribution in [0.5, 0.6) is 0 Å². The molecule has 0 aliphatic rings. The second kappa shape index (κ2) is 7.12. The maximum atomic E-state index is 6.06. The normalized spacial score (nSPS) is 11.7. The average Bonchev–Trinajstić information content (AvgIpc) is 2.80. The molecule has 0 N–H and O–H groups in total. The van der Waals surface area contributed by atoms with Crippen molar-refractivity contribution in [3.63, 3.8) is 0 Å². The van der Waals surface area contributed by atoms with Crippen LogP contribution in [-0.4, -0.2) is 9.55 Å². The van der Waals surface area contributed by atoms with Crippen molar-refractivity contribution in [3.05, 3.63) is 29.6 Å². The standard InChI is InChI=1S/C17H25ClN2/c1-4-5-6-7-10-20-16-9-8-14(13(2)3)11-15(16)19-17(20)12-18/h8-9,11,13H,4-7,10,12H2,1-3H3. The Hall–Kier alpha value is -1.02. The lowest BCUT2D eigenvalue weighted by Gasteiger charge is -2.08. The van der Waals surface area contributed by atoms with Crippen molar-refractivity contribution in [2.45, 2.75) is 64.8 Å². The smallest absolute Gasteiger partial charge is 0.124 e. The number of aryl methyl sites for hydroxylation is 1.